The second-order valence-corrected chi connectivity index (χ2v) is 12.2. The Labute approximate surface area is 223 Å². The van der Waals surface area contributed by atoms with Gasteiger partial charge in [0.2, 0.25) is 0 Å². The third-order valence-corrected chi connectivity index (χ3v) is 8.67. The van der Waals surface area contributed by atoms with Crippen molar-refractivity contribution in [1.29, 1.82) is 0 Å². The Balaban J connectivity index is 1.56. The number of nitrogens with one attached hydrogen (secondary N) is 1. The van der Waals surface area contributed by atoms with Crippen LogP contribution in [-0.2, 0) is 38.6 Å². The van der Waals surface area contributed by atoms with Crippen LogP contribution in [0.4, 0.5) is 0 Å². The van der Waals surface area contributed by atoms with Crippen LogP contribution in [0.15, 0.2) is 0 Å². The number of carbonyl (C=O) groups excluding carboxylic acids is 1. The van der Waals surface area contributed by atoms with Crippen LogP contribution in [0, 0.1) is 5.41 Å². The van der Waals surface area contributed by atoms with Crippen LogP contribution in [0.5, 0.6) is 0 Å². The number of fused-ring (bicyclic) bond motifs is 1. The van der Waals surface area contributed by atoms with Crippen molar-refractivity contribution in [2.24, 2.45) is 5.41 Å². The number of hydrogen-bond acceptors (Lipinski definition) is 7. The molecule has 1 N–H and O–H groups in total. The second-order valence-electron chi connectivity index (χ2n) is 12.2. The molecule has 3 aliphatic rings. The first-order chi connectivity index (χ1) is 17.7. The molecule has 9 nitrogen and oxygen atoms in total. The van der Waals surface area contributed by atoms with E-state index in [2.05, 4.69) is 35.8 Å². The van der Waals surface area contributed by atoms with Crippen LogP contribution >= 0.6 is 0 Å². The van der Waals surface area contributed by atoms with Crippen molar-refractivity contribution in [2.45, 2.75) is 89.6 Å². The molecule has 0 radical (unpaired) electrons. The Hall–Kier alpha value is -1.52. The number of methoxy groups -OCH3 is 2. The summed E-state index contributed by atoms with van der Waals surface area (Å²) < 4.78 is 19.5. The van der Waals surface area contributed by atoms with Gasteiger partial charge in [-0.25, -0.2) is 0 Å². The fourth-order valence-electron chi connectivity index (χ4n) is 6.63. The van der Waals surface area contributed by atoms with E-state index in [1.807, 2.05) is 11.9 Å². The second kappa shape index (κ2) is 12.1. The van der Waals surface area contributed by atoms with Crippen LogP contribution < -0.4 is 5.32 Å². The van der Waals surface area contributed by atoms with Gasteiger partial charge in [-0.3, -0.25) is 14.4 Å². The van der Waals surface area contributed by atoms with Gasteiger partial charge in [0, 0.05) is 51.4 Å². The van der Waals surface area contributed by atoms with E-state index in [0.717, 1.165) is 77.9 Å². The molecule has 1 amide bonds. The summed E-state index contributed by atoms with van der Waals surface area (Å²) in [5, 5.41) is 8.38. The standard InChI is InChI=1S/C28H49N5O4/c1-27(2)10-9-24(37-27)26(34)32-15-16-33-23(18-32)25(22(30-33)17-31(4)14-13-29-3)21-7-11-28(12-8-21,19-35-5)20-36-6/h21,24,29H,7-20H2,1-6H3. The molecule has 37 heavy (non-hydrogen) atoms. The monoisotopic (exact) mass is 519 g/mol. The van der Waals surface area contributed by atoms with Crippen molar-refractivity contribution in [1.82, 2.24) is 24.9 Å². The first-order valence-corrected chi connectivity index (χ1v) is 14.1. The predicted octanol–water partition coefficient (Wildman–Crippen LogP) is 2.77. The summed E-state index contributed by atoms with van der Waals surface area (Å²) in [7, 11) is 7.73. The lowest BCUT2D eigenvalue weighted by Crippen LogP contribution is -2.44. The highest BCUT2D eigenvalue weighted by atomic mass is 16.5. The highest BCUT2D eigenvalue weighted by Crippen LogP contribution is 2.46. The summed E-state index contributed by atoms with van der Waals surface area (Å²) in [6, 6.07) is 0. The molecule has 0 aromatic carbocycles. The molecule has 4 rings (SSSR count). The normalized spacial score (nSPS) is 23.5. The van der Waals surface area contributed by atoms with Crippen LogP contribution in [0.2, 0.25) is 0 Å². The van der Waals surface area contributed by atoms with Crippen molar-refractivity contribution in [2.75, 3.05) is 61.2 Å². The quantitative estimate of drug-likeness (QED) is 0.482. The highest BCUT2D eigenvalue weighted by molar-refractivity contribution is 5.81. The Bertz CT molecular complexity index is 901. The van der Waals surface area contributed by atoms with Crippen LogP contribution in [0.3, 0.4) is 0 Å². The summed E-state index contributed by atoms with van der Waals surface area (Å²) >= 11 is 0. The predicted molar refractivity (Wildman–Crippen MR) is 143 cm³/mol. The summed E-state index contributed by atoms with van der Waals surface area (Å²) in [5.74, 6) is 0.578. The highest BCUT2D eigenvalue weighted by Gasteiger charge is 2.41. The topological polar surface area (TPSA) is 81.1 Å². The smallest absolute Gasteiger partial charge is 0.252 e. The van der Waals surface area contributed by atoms with Gasteiger partial charge in [0.05, 0.1) is 43.3 Å². The van der Waals surface area contributed by atoms with Gasteiger partial charge in [-0.15, -0.1) is 0 Å². The molecule has 0 bridgehead atoms. The third-order valence-electron chi connectivity index (χ3n) is 8.67. The van der Waals surface area contributed by atoms with Gasteiger partial charge in [-0.2, -0.15) is 5.10 Å². The first kappa shape index (κ1) is 28.5. The first-order valence-electron chi connectivity index (χ1n) is 14.1. The number of aromatic nitrogens is 2. The van der Waals surface area contributed by atoms with Gasteiger partial charge in [-0.05, 0) is 72.4 Å². The van der Waals surface area contributed by atoms with Gasteiger partial charge in [-0.1, -0.05) is 0 Å². The molecular weight excluding hydrogens is 470 g/mol. The summed E-state index contributed by atoms with van der Waals surface area (Å²) in [5.41, 5.74) is 3.66. The minimum atomic E-state index is -0.321. The van der Waals surface area contributed by atoms with Gasteiger partial charge < -0.3 is 24.4 Å². The molecule has 2 fully saturated rings. The fourth-order valence-corrected chi connectivity index (χ4v) is 6.63. The molecule has 1 saturated heterocycles. The van der Waals surface area contributed by atoms with E-state index in [4.69, 9.17) is 19.3 Å². The number of likely N-dealkylation sites (N-methyl/N-ethyl adjacent to an activating group) is 2. The Kier molecular flexibility index (Phi) is 9.33. The number of amides is 1. The van der Waals surface area contributed by atoms with E-state index < -0.39 is 0 Å². The summed E-state index contributed by atoms with van der Waals surface area (Å²) in [6.45, 7) is 10.4. The summed E-state index contributed by atoms with van der Waals surface area (Å²) in [4.78, 5) is 17.8. The van der Waals surface area contributed by atoms with Crippen LogP contribution in [-0.4, -0.2) is 98.4 Å². The number of carbonyl (C=O) groups is 1. The van der Waals surface area contributed by atoms with Crippen molar-refractivity contribution >= 4 is 5.91 Å². The summed E-state index contributed by atoms with van der Waals surface area (Å²) in [6.07, 6.45) is 5.74. The molecule has 1 aliphatic carbocycles. The Morgan fingerprint density at radius 2 is 1.84 bits per heavy atom. The lowest BCUT2D eigenvalue weighted by Gasteiger charge is -2.40. The molecule has 210 valence electrons. The average Bonchev–Trinajstić information content (AvgIpc) is 3.41. The van der Waals surface area contributed by atoms with Gasteiger partial charge >= 0.3 is 0 Å². The Morgan fingerprint density at radius 1 is 1.14 bits per heavy atom. The van der Waals surface area contributed by atoms with E-state index in [0.29, 0.717) is 19.0 Å². The number of rotatable bonds is 11. The van der Waals surface area contributed by atoms with E-state index in [9.17, 15) is 4.79 Å². The minimum absolute atomic E-state index is 0.0889. The lowest BCUT2D eigenvalue weighted by atomic mass is 9.69. The fraction of sp³-hybridized carbons (Fsp3) is 0.857. The molecule has 2 aliphatic heterocycles. The SMILES string of the molecule is CNCCN(C)Cc1nn2c(c1C1CCC(COC)(COC)CC1)CN(C(=O)C1CCC(C)(C)O1)CC2. The van der Waals surface area contributed by atoms with Crippen molar-refractivity contribution in [3.05, 3.63) is 17.0 Å². The maximum absolute atomic E-state index is 13.4. The van der Waals surface area contributed by atoms with Crippen LogP contribution in [0.1, 0.15) is 75.2 Å². The number of nitrogens with zero attached hydrogens (tertiary/aromatic N) is 4. The minimum Gasteiger partial charge on any atom is -0.384 e. The van der Waals surface area contributed by atoms with E-state index in [-0.39, 0.29) is 23.0 Å². The maximum Gasteiger partial charge on any atom is 0.252 e. The Morgan fingerprint density at radius 3 is 2.43 bits per heavy atom. The molecule has 1 aromatic rings. The van der Waals surface area contributed by atoms with Gasteiger partial charge in [0.25, 0.3) is 5.91 Å². The molecule has 1 atom stereocenters. The third kappa shape index (κ3) is 6.56. The average molecular weight is 520 g/mol. The van der Waals surface area contributed by atoms with E-state index in [1.165, 1.54) is 17.0 Å². The van der Waals surface area contributed by atoms with Crippen molar-refractivity contribution in [3.8, 4) is 0 Å². The largest absolute Gasteiger partial charge is 0.384 e. The van der Waals surface area contributed by atoms with Gasteiger partial charge in [0.15, 0.2) is 0 Å². The van der Waals surface area contributed by atoms with E-state index in [1.54, 1.807) is 14.2 Å². The molecule has 1 saturated carbocycles. The van der Waals surface area contributed by atoms with E-state index >= 15 is 0 Å². The van der Waals surface area contributed by atoms with Crippen molar-refractivity contribution < 1.29 is 19.0 Å². The molecule has 3 heterocycles. The lowest BCUT2D eigenvalue weighted by molar-refractivity contribution is -0.147. The van der Waals surface area contributed by atoms with Crippen LogP contribution in [0.25, 0.3) is 0 Å². The van der Waals surface area contributed by atoms with Gasteiger partial charge in [0.1, 0.15) is 6.10 Å². The number of hydrogen-bond donors (Lipinski definition) is 1. The molecule has 1 unspecified atom stereocenters. The molecule has 1 aromatic heterocycles. The number of ether oxygens (including phenoxy) is 3. The molecule has 9 heteroatoms. The molecule has 0 spiro atoms. The maximum atomic E-state index is 13.4. The zero-order valence-corrected chi connectivity index (χ0v) is 24.0. The van der Waals surface area contributed by atoms with Crippen molar-refractivity contribution in [3.63, 3.8) is 0 Å². The molecular formula is C28H49N5O4. The zero-order chi connectivity index (χ0) is 26.6. The zero-order valence-electron chi connectivity index (χ0n) is 24.0.